The van der Waals surface area contributed by atoms with Gasteiger partial charge in [-0.3, -0.25) is 14.5 Å². The number of hydrogen-bond donors (Lipinski definition) is 1. The van der Waals surface area contributed by atoms with Gasteiger partial charge >= 0.3 is 0 Å². The highest BCUT2D eigenvalue weighted by molar-refractivity contribution is 8.00. The molecule has 0 saturated carbocycles. The number of halogens is 1. The minimum atomic E-state index is -0.466. The highest BCUT2D eigenvalue weighted by atomic mass is 32.2. The van der Waals surface area contributed by atoms with Gasteiger partial charge < -0.3 is 10.1 Å². The molecule has 0 radical (unpaired) electrons. The third-order valence-electron chi connectivity index (χ3n) is 4.72. The van der Waals surface area contributed by atoms with Crippen LogP contribution in [-0.2, 0) is 4.79 Å². The Morgan fingerprint density at radius 3 is 2.70 bits per heavy atom. The lowest BCUT2D eigenvalue weighted by Crippen LogP contribution is -2.27. The summed E-state index contributed by atoms with van der Waals surface area (Å²) in [5, 5.41) is 2.57. The molecular weight excluding hydrogens is 403 g/mol. The van der Waals surface area contributed by atoms with Gasteiger partial charge in [0.05, 0.1) is 12.9 Å². The van der Waals surface area contributed by atoms with E-state index in [9.17, 15) is 14.0 Å². The van der Waals surface area contributed by atoms with Crippen LogP contribution in [0.5, 0.6) is 5.75 Å². The zero-order valence-corrected chi connectivity index (χ0v) is 17.0. The number of methoxy groups -OCH3 is 1. The molecule has 3 aromatic carbocycles. The van der Waals surface area contributed by atoms with Crippen molar-refractivity contribution in [3.63, 3.8) is 0 Å². The Hall–Kier alpha value is -3.32. The first-order valence-electron chi connectivity index (χ1n) is 9.30. The molecule has 0 bridgehead atoms. The number of nitrogens with one attached hydrogen (secondary N) is 1. The quantitative estimate of drug-likeness (QED) is 0.638. The average Bonchev–Trinajstić information content (AvgIpc) is 3.15. The maximum Gasteiger partial charge on any atom is 0.255 e. The number of rotatable bonds is 5. The predicted octanol–water partition coefficient (Wildman–Crippen LogP) is 4.87. The third-order valence-corrected chi connectivity index (χ3v) is 5.93. The van der Waals surface area contributed by atoms with Gasteiger partial charge in [-0.2, -0.15) is 0 Å². The Morgan fingerprint density at radius 1 is 1.10 bits per heavy atom. The maximum atomic E-state index is 13.4. The molecule has 5 nitrogen and oxygen atoms in total. The molecular formula is C23H19FN2O3S. The van der Waals surface area contributed by atoms with E-state index in [0.717, 1.165) is 11.3 Å². The number of anilines is 2. The largest absolute Gasteiger partial charge is 0.497 e. The van der Waals surface area contributed by atoms with Gasteiger partial charge in [-0.05, 0) is 48.0 Å². The number of nitrogens with zero attached hydrogens (tertiary/aromatic N) is 1. The summed E-state index contributed by atoms with van der Waals surface area (Å²) in [6.45, 7) is 0. The second-order valence-corrected chi connectivity index (χ2v) is 7.79. The Labute approximate surface area is 177 Å². The summed E-state index contributed by atoms with van der Waals surface area (Å²) in [5.41, 5.74) is 2.45. The first-order valence-corrected chi connectivity index (χ1v) is 10.3. The summed E-state index contributed by atoms with van der Waals surface area (Å²) in [7, 11) is 1.59. The second kappa shape index (κ2) is 8.59. The van der Waals surface area contributed by atoms with Gasteiger partial charge in [0.15, 0.2) is 0 Å². The fraction of sp³-hybridized carbons (Fsp3) is 0.130. The van der Waals surface area contributed by atoms with Crippen molar-refractivity contribution in [1.82, 2.24) is 0 Å². The Kier molecular flexibility index (Phi) is 5.72. The first kappa shape index (κ1) is 20.0. The fourth-order valence-corrected chi connectivity index (χ4v) is 4.48. The van der Waals surface area contributed by atoms with E-state index >= 15 is 0 Å². The standard InChI is InChI=1S/C23H19FN2O3S/c1-29-20-10-4-9-19(13-20)26-21(27)14-30-23(26)16-6-3-8-18(12-16)25-22(28)15-5-2-7-17(24)11-15/h2-13,23H,14H2,1H3,(H,25,28). The summed E-state index contributed by atoms with van der Waals surface area (Å²) in [6.07, 6.45) is 0. The molecule has 152 valence electrons. The van der Waals surface area contributed by atoms with Crippen LogP contribution in [0.2, 0.25) is 0 Å². The molecule has 1 fully saturated rings. The normalized spacial score (nSPS) is 15.9. The number of benzene rings is 3. The third kappa shape index (κ3) is 4.16. The molecule has 1 N–H and O–H groups in total. The monoisotopic (exact) mass is 422 g/mol. The summed E-state index contributed by atoms with van der Waals surface area (Å²) in [4.78, 5) is 26.8. The molecule has 1 aliphatic rings. The molecule has 4 rings (SSSR count). The average molecular weight is 422 g/mol. The van der Waals surface area contributed by atoms with Gasteiger partial charge in [0.2, 0.25) is 5.91 Å². The van der Waals surface area contributed by atoms with Crippen LogP contribution in [0.25, 0.3) is 0 Å². The van der Waals surface area contributed by atoms with Gasteiger partial charge in [0.25, 0.3) is 5.91 Å². The fourth-order valence-electron chi connectivity index (χ4n) is 3.31. The summed E-state index contributed by atoms with van der Waals surface area (Å²) in [6, 6.07) is 20.2. The molecule has 1 aliphatic heterocycles. The number of carbonyl (C=O) groups is 2. The van der Waals surface area contributed by atoms with E-state index in [2.05, 4.69) is 5.32 Å². The minimum Gasteiger partial charge on any atom is -0.497 e. The Bertz CT molecular complexity index is 1110. The molecule has 0 aromatic heterocycles. The number of thioether (sulfide) groups is 1. The van der Waals surface area contributed by atoms with Crippen LogP contribution in [0.3, 0.4) is 0 Å². The molecule has 1 saturated heterocycles. The molecule has 0 spiro atoms. The van der Waals surface area contributed by atoms with Crippen LogP contribution >= 0.6 is 11.8 Å². The summed E-state index contributed by atoms with van der Waals surface area (Å²) < 4.78 is 18.7. The number of ether oxygens (including phenoxy) is 1. The van der Waals surface area contributed by atoms with E-state index in [0.29, 0.717) is 17.2 Å². The van der Waals surface area contributed by atoms with E-state index in [4.69, 9.17) is 4.74 Å². The Balaban J connectivity index is 1.59. The van der Waals surface area contributed by atoms with Crippen molar-refractivity contribution in [2.45, 2.75) is 5.37 Å². The summed E-state index contributed by atoms with van der Waals surface area (Å²) in [5.74, 6) is 0.180. The zero-order valence-electron chi connectivity index (χ0n) is 16.2. The van der Waals surface area contributed by atoms with E-state index in [1.54, 1.807) is 24.1 Å². The zero-order chi connectivity index (χ0) is 21.1. The lowest BCUT2D eigenvalue weighted by atomic mass is 10.1. The van der Waals surface area contributed by atoms with Crippen molar-refractivity contribution in [2.75, 3.05) is 23.1 Å². The SMILES string of the molecule is COc1cccc(N2C(=O)CSC2c2cccc(NC(=O)c3cccc(F)c3)c2)c1. The van der Waals surface area contributed by atoms with Gasteiger partial charge in [-0.25, -0.2) is 4.39 Å². The summed E-state index contributed by atoms with van der Waals surface area (Å²) >= 11 is 1.52. The lowest BCUT2D eigenvalue weighted by Gasteiger charge is -2.25. The van der Waals surface area contributed by atoms with Gasteiger partial charge in [0.1, 0.15) is 16.9 Å². The molecule has 2 amide bonds. The van der Waals surface area contributed by atoms with Crippen LogP contribution < -0.4 is 15.0 Å². The van der Waals surface area contributed by atoms with Crippen molar-refractivity contribution < 1.29 is 18.7 Å². The van der Waals surface area contributed by atoms with Crippen molar-refractivity contribution >= 4 is 35.0 Å². The number of hydrogen-bond acceptors (Lipinski definition) is 4. The highest BCUT2D eigenvalue weighted by Gasteiger charge is 2.34. The Morgan fingerprint density at radius 2 is 1.90 bits per heavy atom. The predicted molar refractivity (Wildman–Crippen MR) is 116 cm³/mol. The van der Waals surface area contributed by atoms with Gasteiger partial charge in [-0.1, -0.05) is 24.3 Å². The van der Waals surface area contributed by atoms with E-state index in [-0.39, 0.29) is 16.8 Å². The molecule has 1 atom stereocenters. The second-order valence-electron chi connectivity index (χ2n) is 6.72. The molecule has 7 heteroatoms. The molecule has 1 unspecified atom stereocenters. The highest BCUT2D eigenvalue weighted by Crippen LogP contribution is 2.42. The topological polar surface area (TPSA) is 58.6 Å². The van der Waals surface area contributed by atoms with Crippen molar-refractivity contribution in [1.29, 1.82) is 0 Å². The van der Waals surface area contributed by atoms with Crippen LogP contribution in [0.1, 0.15) is 21.3 Å². The van der Waals surface area contributed by atoms with E-state index in [1.807, 2.05) is 42.5 Å². The van der Waals surface area contributed by atoms with Gasteiger partial charge in [-0.15, -0.1) is 11.8 Å². The maximum absolute atomic E-state index is 13.4. The van der Waals surface area contributed by atoms with Crippen molar-refractivity contribution in [2.24, 2.45) is 0 Å². The number of carbonyl (C=O) groups excluding carboxylic acids is 2. The van der Waals surface area contributed by atoms with Crippen LogP contribution in [0.15, 0.2) is 72.8 Å². The number of amides is 2. The van der Waals surface area contributed by atoms with Crippen LogP contribution in [0.4, 0.5) is 15.8 Å². The molecule has 0 aliphatic carbocycles. The van der Waals surface area contributed by atoms with Crippen molar-refractivity contribution in [3.8, 4) is 5.75 Å². The van der Waals surface area contributed by atoms with E-state index < -0.39 is 11.7 Å². The smallest absolute Gasteiger partial charge is 0.255 e. The molecule has 30 heavy (non-hydrogen) atoms. The van der Waals surface area contributed by atoms with E-state index in [1.165, 1.54) is 30.0 Å². The first-order chi connectivity index (χ1) is 14.5. The lowest BCUT2D eigenvalue weighted by molar-refractivity contribution is -0.115. The van der Waals surface area contributed by atoms with Crippen LogP contribution in [-0.4, -0.2) is 24.7 Å². The molecule has 3 aromatic rings. The van der Waals surface area contributed by atoms with Crippen LogP contribution in [0, 0.1) is 5.82 Å². The minimum absolute atomic E-state index is 0.00690. The van der Waals surface area contributed by atoms with Gasteiger partial charge in [0, 0.05) is 23.0 Å². The van der Waals surface area contributed by atoms with Crippen molar-refractivity contribution in [3.05, 3.63) is 89.7 Å². The molecule has 1 heterocycles.